The van der Waals surface area contributed by atoms with Gasteiger partial charge in [0.2, 0.25) is 0 Å². The van der Waals surface area contributed by atoms with Crippen molar-refractivity contribution in [3.05, 3.63) is 35.9 Å². The molecule has 3 rings (SSSR count). The van der Waals surface area contributed by atoms with E-state index in [2.05, 4.69) is 61.3 Å². The molecule has 0 bridgehead atoms. The third-order valence-corrected chi connectivity index (χ3v) is 5.41. The molecule has 2 atom stereocenters. The van der Waals surface area contributed by atoms with E-state index in [0.29, 0.717) is 17.6 Å². The molecule has 1 saturated heterocycles. The Kier molecular flexibility index (Phi) is 3.87. The molecule has 0 amide bonds. The molecule has 1 aromatic carbocycles. The lowest BCUT2D eigenvalue weighted by Crippen LogP contribution is -2.60. The molecule has 110 valence electrons. The van der Waals surface area contributed by atoms with Gasteiger partial charge in [-0.05, 0) is 44.6 Å². The molecular formula is C18H28N2. The molecule has 0 radical (unpaired) electrons. The van der Waals surface area contributed by atoms with Crippen LogP contribution >= 0.6 is 0 Å². The van der Waals surface area contributed by atoms with Gasteiger partial charge in [0.1, 0.15) is 0 Å². The Labute approximate surface area is 123 Å². The van der Waals surface area contributed by atoms with Crippen LogP contribution in [0.4, 0.5) is 0 Å². The molecule has 2 fully saturated rings. The molecule has 0 spiro atoms. The Morgan fingerprint density at radius 2 is 1.90 bits per heavy atom. The Bertz CT molecular complexity index is 436. The highest BCUT2D eigenvalue weighted by Crippen LogP contribution is 2.44. The molecule has 1 saturated carbocycles. The standard InChI is InChI=1S/C18H28N2/c1-4-16-12-19-17(14-8-6-5-7-9-14)13-20(16)18(2,3)15-10-11-15/h5-9,15-17,19H,4,10-13H2,1-3H3. The van der Waals surface area contributed by atoms with E-state index in [0.717, 1.165) is 19.0 Å². The van der Waals surface area contributed by atoms with Crippen molar-refractivity contribution in [2.24, 2.45) is 5.92 Å². The summed E-state index contributed by atoms with van der Waals surface area (Å²) in [5, 5.41) is 3.76. The molecule has 2 heteroatoms. The van der Waals surface area contributed by atoms with Crippen molar-refractivity contribution in [2.75, 3.05) is 13.1 Å². The van der Waals surface area contributed by atoms with Gasteiger partial charge >= 0.3 is 0 Å². The van der Waals surface area contributed by atoms with Crippen LogP contribution in [0.25, 0.3) is 0 Å². The Morgan fingerprint density at radius 3 is 2.50 bits per heavy atom. The monoisotopic (exact) mass is 272 g/mol. The second-order valence-electron chi connectivity index (χ2n) is 7.01. The number of hydrogen-bond donors (Lipinski definition) is 1. The number of benzene rings is 1. The van der Waals surface area contributed by atoms with Crippen LogP contribution in [0.15, 0.2) is 30.3 Å². The van der Waals surface area contributed by atoms with Crippen LogP contribution < -0.4 is 5.32 Å². The van der Waals surface area contributed by atoms with Crippen LogP contribution in [-0.2, 0) is 0 Å². The fourth-order valence-corrected chi connectivity index (χ4v) is 3.80. The Morgan fingerprint density at radius 1 is 1.20 bits per heavy atom. The van der Waals surface area contributed by atoms with Crippen molar-refractivity contribution in [2.45, 2.75) is 57.7 Å². The van der Waals surface area contributed by atoms with Crippen molar-refractivity contribution >= 4 is 0 Å². The molecule has 0 aromatic heterocycles. The van der Waals surface area contributed by atoms with Crippen molar-refractivity contribution in [1.29, 1.82) is 0 Å². The van der Waals surface area contributed by atoms with Gasteiger partial charge in [-0.1, -0.05) is 37.3 Å². The zero-order valence-corrected chi connectivity index (χ0v) is 13.1. The highest BCUT2D eigenvalue weighted by atomic mass is 15.3. The molecule has 2 nitrogen and oxygen atoms in total. The van der Waals surface area contributed by atoms with E-state index in [1.807, 2.05) is 0 Å². The number of piperazine rings is 1. The van der Waals surface area contributed by atoms with E-state index in [1.165, 1.54) is 24.8 Å². The summed E-state index contributed by atoms with van der Waals surface area (Å²) >= 11 is 0. The first-order chi connectivity index (χ1) is 9.63. The molecule has 1 aliphatic heterocycles. The average Bonchev–Trinajstić information content (AvgIpc) is 3.32. The molecule has 1 heterocycles. The van der Waals surface area contributed by atoms with Crippen molar-refractivity contribution in [3.63, 3.8) is 0 Å². The lowest BCUT2D eigenvalue weighted by molar-refractivity contribution is 0.0149. The summed E-state index contributed by atoms with van der Waals surface area (Å²) in [6.45, 7) is 9.50. The van der Waals surface area contributed by atoms with E-state index >= 15 is 0 Å². The van der Waals surface area contributed by atoms with Gasteiger partial charge in [0.15, 0.2) is 0 Å². The van der Waals surface area contributed by atoms with Gasteiger partial charge in [-0.25, -0.2) is 0 Å². The van der Waals surface area contributed by atoms with E-state index < -0.39 is 0 Å². The van der Waals surface area contributed by atoms with Gasteiger partial charge in [0.05, 0.1) is 0 Å². The summed E-state index contributed by atoms with van der Waals surface area (Å²) in [7, 11) is 0. The fourth-order valence-electron chi connectivity index (χ4n) is 3.80. The lowest BCUT2D eigenvalue weighted by atomic mass is 9.89. The van der Waals surface area contributed by atoms with Gasteiger partial charge in [-0.15, -0.1) is 0 Å². The molecule has 2 aliphatic rings. The Hall–Kier alpha value is -0.860. The third kappa shape index (κ3) is 2.64. The van der Waals surface area contributed by atoms with Crippen LogP contribution in [-0.4, -0.2) is 29.6 Å². The maximum Gasteiger partial charge on any atom is 0.0450 e. The number of nitrogens with one attached hydrogen (secondary N) is 1. The SMILES string of the molecule is CCC1CNC(c2ccccc2)CN1C(C)(C)C1CC1. The minimum atomic E-state index is 0.357. The molecule has 2 unspecified atom stereocenters. The molecule has 20 heavy (non-hydrogen) atoms. The predicted molar refractivity (Wildman–Crippen MR) is 84.8 cm³/mol. The Balaban J connectivity index is 1.79. The third-order valence-electron chi connectivity index (χ3n) is 5.41. The van der Waals surface area contributed by atoms with E-state index in [9.17, 15) is 0 Å². The summed E-state index contributed by atoms with van der Waals surface area (Å²) in [5.41, 5.74) is 1.79. The summed E-state index contributed by atoms with van der Waals surface area (Å²) in [6, 6.07) is 12.1. The molecule has 1 N–H and O–H groups in total. The first kappa shape index (κ1) is 14.1. The molecule has 1 aromatic rings. The normalized spacial score (nSPS) is 28.6. The van der Waals surface area contributed by atoms with Crippen LogP contribution in [0.1, 0.15) is 51.6 Å². The van der Waals surface area contributed by atoms with Crippen LogP contribution in [0, 0.1) is 5.92 Å². The first-order valence-electron chi connectivity index (χ1n) is 8.18. The summed E-state index contributed by atoms with van der Waals surface area (Å²) < 4.78 is 0. The van der Waals surface area contributed by atoms with Gasteiger partial charge < -0.3 is 5.32 Å². The highest BCUT2D eigenvalue weighted by molar-refractivity contribution is 5.20. The maximum atomic E-state index is 3.76. The second kappa shape index (κ2) is 5.50. The zero-order valence-electron chi connectivity index (χ0n) is 13.1. The van der Waals surface area contributed by atoms with Gasteiger partial charge in [-0.2, -0.15) is 0 Å². The number of nitrogens with zero attached hydrogens (tertiary/aromatic N) is 1. The van der Waals surface area contributed by atoms with Crippen LogP contribution in [0.3, 0.4) is 0 Å². The minimum Gasteiger partial charge on any atom is -0.307 e. The predicted octanol–water partition coefficient (Wildman–Crippen LogP) is 3.60. The second-order valence-corrected chi connectivity index (χ2v) is 7.01. The van der Waals surface area contributed by atoms with E-state index in [-0.39, 0.29) is 0 Å². The topological polar surface area (TPSA) is 15.3 Å². The van der Waals surface area contributed by atoms with Crippen molar-refractivity contribution in [3.8, 4) is 0 Å². The quantitative estimate of drug-likeness (QED) is 0.901. The van der Waals surface area contributed by atoms with E-state index in [4.69, 9.17) is 0 Å². The smallest absolute Gasteiger partial charge is 0.0450 e. The van der Waals surface area contributed by atoms with E-state index in [1.54, 1.807) is 0 Å². The fraction of sp³-hybridized carbons (Fsp3) is 0.667. The van der Waals surface area contributed by atoms with Crippen LogP contribution in [0.2, 0.25) is 0 Å². The number of rotatable bonds is 4. The first-order valence-corrected chi connectivity index (χ1v) is 8.18. The largest absolute Gasteiger partial charge is 0.307 e. The number of hydrogen-bond acceptors (Lipinski definition) is 2. The van der Waals surface area contributed by atoms with Gasteiger partial charge in [0.25, 0.3) is 0 Å². The summed E-state index contributed by atoms with van der Waals surface area (Å²) in [4.78, 5) is 2.79. The van der Waals surface area contributed by atoms with Gasteiger partial charge in [-0.3, -0.25) is 4.90 Å². The van der Waals surface area contributed by atoms with Gasteiger partial charge in [0, 0.05) is 30.7 Å². The average molecular weight is 272 g/mol. The summed E-state index contributed by atoms with van der Waals surface area (Å²) in [5.74, 6) is 0.908. The lowest BCUT2D eigenvalue weighted by Gasteiger charge is -2.49. The molecule has 1 aliphatic carbocycles. The van der Waals surface area contributed by atoms with Crippen molar-refractivity contribution < 1.29 is 0 Å². The summed E-state index contributed by atoms with van der Waals surface area (Å²) in [6.07, 6.45) is 4.08. The minimum absolute atomic E-state index is 0.357. The van der Waals surface area contributed by atoms with Crippen molar-refractivity contribution in [1.82, 2.24) is 10.2 Å². The maximum absolute atomic E-state index is 3.76. The van der Waals surface area contributed by atoms with Crippen LogP contribution in [0.5, 0.6) is 0 Å². The highest BCUT2D eigenvalue weighted by Gasteiger charge is 2.45. The zero-order chi connectivity index (χ0) is 14.2. The molecular weight excluding hydrogens is 244 g/mol.